The summed E-state index contributed by atoms with van der Waals surface area (Å²) in [5.74, 6) is -1.18. The summed E-state index contributed by atoms with van der Waals surface area (Å²) < 4.78 is 0. The van der Waals surface area contributed by atoms with Gasteiger partial charge < -0.3 is 4.84 Å². The quantitative estimate of drug-likeness (QED) is 0.533. The summed E-state index contributed by atoms with van der Waals surface area (Å²) in [6.07, 6.45) is 5.44. The SMILES string of the molecule is CCCCCCCC(=O)NOC(=O)c1c(Cl)cc(Cl)cc1Cl. The van der Waals surface area contributed by atoms with Crippen molar-refractivity contribution in [1.29, 1.82) is 0 Å². The standard InChI is InChI=1S/C15H18Cl3NO3/c1-2-3-4-5-6-7-13(20)19-22-15(21)14-11(17)8-10(16)9-12(14)18/h8-9H,2-7H2,1H3,(H,19,20). The third-order valence-electron chi connectivity index (χ3n) is 2.98. The largest absolute Gasteiger partial charge is 0.365 e. The Bertz CT molecular complexity index is 512. The van der Waals surface area contributed by atoms with Crippen LogP contribution < -0.4 is 5.48 Å². The van der Waals surface area contributed by atoms with Gasteiger partial charge in [0.15, 0.2) is 0 Å². The summed E-state index contributed by atoms with van der Waals surface area (Å²) in [6.45, 7) is 2.12. The van der Waals surface area contributed by atoms with Crippen LogP contribution in [0.4, 0.5) is 0 Å². The van der Waals surface area contributed by atoms with Gasteiger partial charge in [-0.2, -0.15) is 5.48 Å². The molecule has 22 heavy (non-hydrogen) atoms. The molecule has 1 amide bonds. The van der Waals surface area contributed by atoms with E-state index in [0.29, 0.717) is 11.4 Å². The molecule has 0 atom stereocenters. The molecule has 1 rings (SSSR count). The Morgan fingerprint density at radius 2 is 1.64 bits per heavy atom. The third-order valence-corrected chi connectivity index (χ3v) is 3.79. The molecule has 1 aromatic rings. The van der Waals surface area contributed by atoms with Crippen LogP contribution in [0.15, 0.2) is 12.1 Å². The van der Waals surface area contributed by atoms with E-state index in [4.69, 9.17) is 39.6 Å². The number of carbonyl (C=O) groups excluding carboxylic acids is 2. The Balaban J connectivity index is 2.41. The molecule has 0 aromatic heterocycles. The number of nitrogens with one attached hydrogen (secondary N) is 1. The van der Waals surface area contributed by atoms with Crippen LogP contribution in [0.25, 0.3) is 0 Å². The molecule has 0 unspecified atom stereocenters. The average Bonchev–Trinajstić information content (AvgIpc) is 2.43. The van der Waals surface area contributed by atoms with Crippen molar-refractivity contribution in [2.75, 3.05) is 0 Å². The predicted octanol–water partition coefficient (Wildman–Crippen LogP) is 5.20. The number of amides is 1. The number of hydroxylamine groups is 1. The molecule has 0 heterocycles. The molecule has 0 saturated heterocycles. The Hall–Kier alpha value is -0.970. The third kappa shape index (κ3) is 6.42. The van der Waals surface area contributed by atoms with Crippen molar-refractivity contribution >= 4 is 46.7 Å². The van der Waals surface area contributed by atoms with Crippen molar-refractivity contribution in [1.82, 2.24) is 5.48 Å². The first-order valence-corrected chi connectivity index (χ1v) is 8.23. The predicted molar refractivity (Wildman–Crippen MR) is 88.4 cm³/mol. The van der Waals surface area contributed by atoms with Crippen molar-refractivity contribution in [3.63, 3.8) is 0 Å². The highest BCUT2D eigenvalue weighted by atomic mass is 35.5. The number of hydrogen-bond donors (Lipinski definition) is 1. The molecule has 0 aliphatic rings. The number of halogens is 3. The van der Waals surface area contributed by atoms with Gasteiger partial charge in [0.2, 0.25) is 0 Å². The Labute approximate surface area is 145 Å². The lowest BCUT2D eigenvalue weighted by Gasteiger charge is -2.08. The molecule has 0 bridgehead atoms. The van der Waals surface area contributed by atoms with E-state index in [1.54, 1.807) is 0 Å². The second-order valence-electron chi connectivity index (χ2n) is 4.82. The van der Waals surface area contributed by atoms with Crippen molar-refractivity contribution in [3.8, 4) is 0 Å². The molecule has 1 N–H and O–H groups in total. The first kappa shape index (κ1) is 19.1. The minimum absolute atomic E-state index is 0.0315. The number of carbonyl (C=O) groups is 2. The summed E-state index contributed by atoms with van der Waals surface area (Å²) >= 11 is 17.5. The fraction of sp³-hybridized carbons (Fsp3) is 0.467. The fourth-order valence-electron chi connectivity index (χ4n) is 1.83. The minimum atomic E-state index is -0.828. The first-order chi connectivity index (χ1) is 10.5. The molecule has 1 aromatic carbocycles. The van der Waals surface area contributed by atoms with Gasteiger partial charge in [0, 0.05) is 11.4 Å². The summed E-state index contributed by atoms with van der Waals surface area (Å²) in [4.78, 5) is 28.1. The van der Waals surface area contributed by atoms with Crippen molar-refractivity contribution < 1.29 is 14.4 Å². The highest BCUT2D eigenvalue weighted by molar-refractivity contribution is 6.41. The van der Waals surface area contributed by atoms with Crippen LogP contribution in [0.5, 0.6) is 0 Å². The van der Waals surface area contributed by atoms with Gasteiger partial charge >= 0.3 is 5.97 Å². The molecule has 122 valence electrons. The summed E-state index contributed by atoms with van der Waals surface area (Å²) in [6, 6.07) is 2.75. The van der Waals surface area contributed by atoms with Gasteiger partial charge in [-0.25, -0.2) is 4.79 Å². The Morgan fingerprint density at radius 1 is 1.05 bits per heavy atom. The lowest BCUT2D eigenvalue weighted by Crippen LogP contribution is -2.27. The van der Waals surface area contributed by atoms with Crippen molar-refractivity contribution in [3.05, 3.63) is 32.8 Å². The van der Waals surface area contributed by atoms with E-state index in [9.17, 15) is 9.59 Å². The number of rotatable bonds is 7. The van der Waals surface area contributed by atoms with Crippen LogP contribution in [0.3, 0.4) is 0 Å². The highest BCUT2D eigenvalue weighted by Crippen LogP contribution is 2.29. The number of hydrogen-bond acceptors (Lipinski definition) is 3. The van der Waals surface area contributed by atoms with Crippen LogP contribution in [0, 0.1) is 0 Å². The van der Waals surface area contributed by atoms with Gasteiger partial charge in [-0.05, 0) is 18.6 Å². The first-order valence-electron chi connectivity index (χ1n) is 7.10. The Morgan fingerprint density at radius 3 is 2.23 bits per heavy atom. The van der Waals surface area contributed by atoms with Crippen LogP contribution in [-0.2, 0) is 9.63 Å². The molecule has 4 nitrogen and oxygen atoms in total. The molecule has 0 spiro atoms. The topological polar surface area (TPSA) is 55.4 Å². The molecular formula is C15H18Cl3NO3. The molecule has 7 heteroatoms. The smallest absolute Gasteiger partial charge is 0.335 e. The molecule has 0 radical (unpaired) electrons. The summed E-state index contributed by atoms with van der Waals surface area (Å²) in [5, 5.41) is 0.440. The van der Waals surface area contributed by atoms with E-state index in [1.165, 1.54) is 12.1 Å². The van der Waals surface area contributed by atoms with Crippen LogP contribution in [-0.4, -0.2) is 11.9 Å². The van der Waals surface area contributed by atoms with Gasteiger partial charge in [0.25, 0.3) is 5.91 Å². The maximum atomic E-state index is 11.9. The Kier molecular flexibility index (Phi) is 8.61. The zero-order valence-electron chi connectivity index (χ0n) is 12.3. The highest BCUT2D eigenvalue weighted by Gasteiger charge is 2.18. The number of unbranched alkanes of at least 4 members (excludes halogenated alkanes) is 4. The minimum Gasteiger partial charge on any atom is -0.335 e. The van der Waals surface area contributed by atoms with Crippen LogP contribution in [0.1, 0.15) is 55.8 Å². The van der Waals surface area contributed by atoms with Gasteiger partial charge in [-0.15, -0.1) is 0 Å². The maximum absolute atomic E-state index is 11.9. The molecule has 0 aliphatic carbocycles. The van der Waals surface area contributed by atoms with Gasteiger partial charge in [-0.3, -0.25) is 4.79 Å². The van der Waals surface area contributed by atoms with E-state index in [2.05, 4.69) is 12.4 Å². The van der Waals surface area contributed by atoms with E-state index < -0.39 is 5.97 Å². The van der Waals surface area contributed by atoms with Crippen LogP contribution >= 0.6 is 34.8 Å². The fourth-order valence-corrected chi connectivity index (χ4v) is 2.80. The monoisotopic (exact) mass is 365 g/mol. The van der Waals surface area contributed by atoms with Crippen molar-refractivity contribution in [2.24, 2.45) is 0 Å². The second kappa shape index (κ2) is 9.93. The zero-order chi connectivity index (χ0) is 16.5. The molecule has 0 saturated carbocycles. The van der Waals surface area contributed by atoms with E-state index in [-0.39, 0.29) is 21.5 Å². The van der Waals surface area contributed by atoms with Crippen molar-refractivity contribution in [2.45, 2.75) is 45.4 Å². The van der Waals surface area contributed by atoms with E-state index in [1.807, 2.05) is 0 Å². The average molecular weight is 367 g/mol. The summed E-state index contributed by atoms with van der Waals surface area (Å²) in [5.41, 5.74) is 2.07. The lowest BCUT2D eigenvalue weighted by molar-refractivity contribution is -0.130. The second-order valence-corrected chi connectivity index (χ2v) is 6.07. The van der Waals surface area contributed by atoms with Crippen LogP contribution in [0.2, 0.25) is 15.1 Å². The summed E-state index contributed by atoms with van der Waals surface area (Å²) in [7, 11) is 0. The normalized spacial score (nSPS) is 10.4. The van der Waals surface area contributed by atoms with E-state index in [0.717, 1.165) is 32.1 Å². The zero-order valence-corrected chi connectivity index (χ0v) is 14.5. The van der Waals surface area contributed by atoms with Gasteiger partial charge in [0.05, 0.1) is 15.6 Å². The number of benzene rings is 1. The van der Waals surface area contributed by atoms with Gasteiger partial charge in [-0.1, -0.05) is 67.4 Å². The van der Waals surface area contributed by atoms with Gasteiger partial charge in [0.1, 0.15) is 0 Å². The molecule has 0 fully saturated rings. The maximum Gasteiger partial charge on any atom is 0.365 e. The molecule has 0 aliphatic heterocycles. The lowest BCUT2D eigenvalue weighted by atomic mass is 10.1. The van der Waals surface area contributed by atoms with E-state index >= 15 is 0 Å². The molecular weight excluding hydrogens is 349 g/mol.